The molecule has 0 radical (unpaired) electrons. The van der Waals surface area contributed by atoms with E-state index < -0.39 is 5.97 Å². The average Bonchev–Trinajstić information content (AvgIpc) is 2.47. The number of fused-ring (bicyclic) bond motifs is 1. The molecule has 0 spiro atoms. The molecule has 0 aliphatic carbocycles. The van der Waals surface area contributed by atoms with Gasteiger partial charge in [-0.15, -0.1) is 0 Å². The zero-order chi connectivity index (χ0) is 14.1. The van der Waals surface area contributed by atoms with Gasteiger partial charge in [0.15, 0.2) is 0 Å². The molecule has 0 fully saturated rings. The summed E-state index contributed by atoms with van der Waals surface area (Å²) >= 11 is 6.20. The number of rotatable bonds is 2. The summed E-state index contributed by atoms with van der Waals surface area (Å²) in [7, 11) is 0. The van der Waals surface area contributed by atoms with Gasteiger partial charge in [-0.25, -0.2) is 4.79 Å². The molecule has 0 saturated carbocycles. The molecular weight excluding hydrogens is 272 g/mol. The van der Waals surface area contributed by atoms with Crippen LogP contribution in [0.25, 0.3) is 21.9 Å². The molecule has 2 nitrogen and oxygen atoms in total. The van der Waals surface area contributed by atoms with Gasteiger partial charge in [0.1, 0.15) is 0 Å². The third kappa shape index (κ3) is 2.15. The van der Waals surface area contributed by atoms with Crippen molar-refractivity contribution in [1.29, 1.82) is 0 Å². The lowest BCUT2D eigenvalue weighted by molar-refractivity contribution is 0.0697. The largest absolute Gasteiger partial charge is 0.478 e. The number of hydrogen-bond donors (Lipinski definition) is 1. The standard InChI is InChI=1S/C17H11ClO2/c18-16-8-4-7-13-14(11-5-2-1-3-6-11)9-12(17(19)20)10-15(13)16/h1-10H,(H,19,20). The van der Waals surface area contributed by atoms with Crippen LogP contribution in [0.15, 0.2) is 60.7 Å². The van der Waals surface area contributed by atoms with E-state index in [9.17, 15) is 9.90 Å². The van der Waals surface area contributed by atoms with Crippen LogP contribution < -0.4 is 0 Å². The lowest BCUT2D eigenvalue weighted by Crippen LogP contribution is -1.97. The van der Waals surface area contributed by atoms with Crippen molar-refractivity contribution >= 4 is 28.3 Å². The maximum atomic E-state index is 11.3. The van der Waals surface area contributed by atoms with Crippen molar-refractivity contribution in [3.63, 3.8) is 0 Å². The van der Waals surface area contributed by atoms with Crippen molar-refractivity contribution < 1.29 is 9.90 Å². The smallest absolute Gasteiger partial charge is 0.335 e. The summed E-state index contributed by atoms with van der Waals surface area (Å²) in [5.74, 6) is -0.955. The number of carboxylic acid groups (broad SMARTS) is 1. The van der Waals surface area contributed by atoms with Gasteiger partial charge in [0.05, 0.1) is 5.56 Å². The van der Waals surface area contributed by atoms with Gasteiger partial charge >= 0.3 is 5.97 Å². The minimum atomic E-state index is -0.955. The number of carbonyl (C=O) groups is 1. The Balaban J connectivity index is 2.40. The first-order valence-electron chi connectivity index (χ1n) is 6.18. The van der Waals surface area contributed by atoms with Gasteiger partial charge in [-0.3, -0.25) is 0 Å². The molecule has 0 saturated heterocycles. The molecule has 0 atom stereocenters. The van der Waals surface area contributed by atoms with Crippen LogP contribution >= 0.6 is 11.6 Å². The number of aromatic carboxylic acids is 1. The van der Waals surface area contributed by atoms with Gasteiger partial charge in [-0.05, 0) is 34.7 Å². The molecule has 0 bridgehead atoms. The van der Waals surface area contributed by atoms with Gasteiger partial charge in [-0.2, -0.15) is 0 Å². The fraction of sp³-hybridized carbons (Fsp3) is 0. The Morgan fingerprint density at radius 3 is 2.35 bits per heavy atom. The van der Waals surface area contributed by atoms with E-state index in [0.29, 0.717) is 5.02 Å². The van der Waals surface area contributed by atoms with Crippen LogP contribution in [0.4, 0.5) is 0 Å². The third-order valence-corrected chi connectivity index (χ3v) is 3.60. The molecule has 0 aliphatic rings. The second-order valence-electron chi connectivity index (χ2n) is 4.53. The highest BCUT2D eigenvalue weighted by Gasteiger charge is 2.12. The predicted molar refractivity (Wildman–Crippen MR) is 81.4 cm³/mol. The molecular formula is C17H11ClO2. The zero-order valence-electron chi connectivity index (χ0n) is 10.5. The van der Waals surface area contributed by atoms with Crippen molar-refractivity contribution in [3.8, 4) is 11.1 Å². The SMILES string of the molecule is O=C(O)c1cc(-c2ccccc2)c2cccc(Cl)c2c1. The highest BCUT2D eigenvalue weighted by Crippen LogP contribution is 2.33. The first-order valence-corrected chi connectivity index (χ1v) is 6.55. The van der Waals surface area contributed by atoms with Crippen molar-refractivity contribution in [2.24, 2.45) is 0 Å². The van der Waals surface area contributed by atoms with Gasteiger partial charge in [0.25, 0.3) is 0 Å². The first kappa shape index (κ1) is 12.7. The Hall–Kier alpha value is -2.32. The molecule has 98 valence electrons. The van der Waals surface area contributed by atoms with Crippen LogP contribution in [-0.4, -0.2) is 11.1 Å². The summed E-state index contributed by atoms with van der Waals surface area (Å²) in [5.41, 5.74) is 2.09. The minimum absolute atomic E-state index is 0.240. The lowest BCUT2D eigenvalue weighted by Gasteiger charge is -2.10. The Bertz CT molecular complexity index is 795. The molecule has 0 heterocycles. The summed E-state index contributed by atoms with van der Waals surface area (Å²) in [6, 6.07) is 18.6. The van der Waals surface area contributed by atoms with Crippen molar-refractivity contribution in [3.05, 3.63) is 71.2 Å². The van der Waals surface area contributed by atoms with Crippen LogP contribution in [0.5, 0.6) is 0 Å². The number of benzene rings is 3. The van der Waals surface area contributed by atoms with Gasteiger partial charge < -0.3 is 5.11 Å². The Labute approximate surface area is 121 Å². The van der Waals surface area contributed by atoms with E-state index in [0.717, 1.165) is 21.9 Å². The van der Waals surface area contributed by atoms with Crippen molar-refractivity contribution in [2.75, 3.05) is 0 Å². The van der Waals surface area contributed by atoms with E-state index >= 15 is 0 Å². The van der Waals surface area contributed by atoms with Gasteiger partial charge in [0.2, 0.25) is 0 Å². The second kappa shape index (κ2) is 4.99. The molecule has 3 heteroatoms. The zero-order valence-corrected chi connectivity index (χ0v) is 11.3. The van der Waals surface area contributed by atoms with Crippen molar-refractivity contribution in [2.45, 2.75) is 0 Å². The third-order valence-electron chi connectivity index (χ3n) is 3.27. The van der Waals surface area contributed by atoms with E-state index in [1.54, 1.807) is 18.2 Å². The predicted octanol–water partition coefficient (Wildman–Crippen LogP) is 4.86. The van der Waals surface area contributed by atoms with Crippen LogP contribution in [0, 0.1) is 0 Å². The summed E-state index contributed by atoms with van der Waals surface area (Å²) in [5, 5.41) is 11.5. The maximum absolute atomic E-state index is 11.3. The van der Waals surface area contributed by atoms with E-state index in [-0.39, 0.29) is 5.56 Å². The summed E-state index contributed by atoms with van der Waals surface area (Å²) in [6.45, 7) is 0. The molecule has 1 N–H and O–H groups in total. The summed E-state index contributed by atoms with van der Waals surface area (Å²) in [6.07, 6.45) is 0. The molecule has 0 amide bonds. The van der Waals surface area contributed by atoms with E-state index in [2.05, 4.69) is 0 Å². The van der Waals surface area contributed by atoms with Crippen molar-refractivity contribution in [1.82, 2.24) is 0 Å². The molecule has 0 aromatic heterocycles. The quantitative estimate of drug-likeness (QED) is 0.729. The van der Waals surface area contributed by atoms with Gasteiger partial charge in [-0.1, -0.05) is 54.1 Å². The molecule has 0 aliphatic heterocycles. The van der Waals surface area contributed by atoms with Crippen LogP contribution in [0.2, 0.25) is 5.02 Å². The first-order chi connectivity index (χ1) is 9.66. The summed E-state index contributed by atoms with van der Waals surface area (Å²) < 4.78 is 0. The average molecular weight is 283 g/mol. The van der Waals surface area contributed by atoms with Crippen LogP contribution in [0.1, 0.15) is 10.4 Å². The Kier molecular flexibility index (Phi) is 3.17. The molecule has 3 aromatic rings. The molecule has 3 aromatic carbocycles. The van der Waals surface area contributed by atoms with E-state index in [1.165, 1.54) is 0 Å². The number of hydrogen-bond acceptors (Lipinski definition) is 1. The van der Waals surface area contributed by atoms with Crippen LogP contribution in [-0.2, 0) is 0 Å². The number of halogens is 1. The normalized spacial score (nSPS) is 10.7. The fourth-order valence-corrected chi connectivity index (χ4v) is 2.56. The van der Waals surface area contributed by atoms with E-state index in [4.69, 9.17) is 11.6 Å². The molecule has 20 heavy (non-hydrogen) atoms. The Morgan fingerprint density at radius 1 is 0.900 bits per heavy atom. The molecule has 0 unspecified atom stereocenters. The van der Waals surface area contributed by atoms with Crippen LogP contribution in [0.3, 0.4) is 0 Å². The summed E-state index contributed by atoms with van der Waals surface area (Å²) in [4.78, 5) is 11.3. The topological polar surface area (TPSA) is 37.3 Å². The lowest BCUT2D eigenvalue weighted by atomic mass is 9.95. The second-order valence-corrected chi connectivity index (χ2v) is 4.94. The monoisotopic (exact) mass is 282 g/mol. The minimum Gasteiger partial charge on any atom is -0.478 e. The van der Waals surface area contributed by atoms with E-state index in [1.807, 2.05) is 42.5 Å². The maximum Gasteiger partial charge on any atom is 0.335 e. The fourth-order valence-electron chi connectivity index (χ4n) is 2.33. The molecule has 3 rings (SSSR count). The Morgan fingerprint density at radius 2 is 1.65 bits per heavy atom. The highest BCUT2D eigenvalue weighted by atomic mass is 35.5. The van der Waals surface area contributed by atoms with Gasteiger partial charge in [0, 0.05) is 10.4 Å². The highest BCUT2D eigenvalue weighted by molar-refractivity contribution is 6.36. The number of carboxylic acids is 1.